The molecule has 1 fully saturated rings. The lowest BCUT2D eigenvalue weighted by molar-refractivity contribution is -0.135. The summed E-state index contributed by atoms with van der Waals surface area (Å²) in [5.74, 6) is 0.823. The van der Waals surface area contributed by atoms with Crippen LogP contribution in [0.4, 0.5) is 0 Å². The fourth-order valence-electron chi connectivity index (χ4n) is 1.68. The molecule has 0 spiro atoms. The number of morpholine rings is 1. The van der Waals surface area contributed by atoms with Crippen LogP contribution >= 0.6 is 0 Å². The average Bonchev–Trinajstić information content (AvgIpc) is 2.82. The molecule has 1 aromatic rings. The molecule has 1 unspecified atom stereocenters. The zero-order valence-corrected chi connectivity index (χ0v) is 9.27. The molecule has 0 aromatic carbocycles. The summed E-state index contributed by atoms with van der Waals surface area (Å²) in [6.07, 6.45) is 3.42. The molecule has 1 amide bonds. The van der Waals surface area contributed by atoms with Crippen LogP contribution in [0.3, 0.4) is 0 Å². The molecule has 16 heavy (non-hydrogen) atoms. The number of aromatic amines is 1. The minimum absolute atomic E-state index is 0.0381. The van der Waals surface area contributed by atoms with E-state index in [-0.39, 0.29) is 11.9 Å². The lowest BCUT2D eigenvalue weighted by atomic mass is 10.2. The largest absolute Gasteiger partial charge is 0.378 e. The highest BCUT2D eigenvalue weighted by molar-refractivity contribution is 5.81. The molecule has 2 N–H and O–H groups in total. The van der Waals surface area contributed by atoms with Crippen molar-refractivity contribution < 1.29 is 9.53 Å². The van der Waals surface area contributed by atoms with E-state index in [1.54, 1.807) is 24.3 Å². The van der Waals surface area contributed by atoms with Crippen LogP contribution in [0.1, 0.15) is 5.82 Å². The van der Waals surface area contributed by atoms with E-state index in [1.165, 1.54) is 0 Å². The predicted molar refractivity (Wildman–Crippen MR) is 57.7 cm³/mol. The van der Waals surface area contributed by atoms with E-state index in [4.69, 9.17) is 4.74 Å². The van der Waals surface area contributed by atoms with Crippen molar-refractivity contribution in [2.45, 2.75) is 12.6 Å². The average molecular weight is 224 g/mol. The quantitative estimate of drug-likeness (QED) is 0.716. The Morgan fingerprint density at radius 3 is 3.25 bits per heavy atom. The van der Waals surface area contributed by atoms with Gasteiger partial charge in [0.25, 0.3) is 0 Å². The summed E-state index contributed by atoms with van der Waals surface area (Å²) in [4.78, 5) is 20.7. The van der Waals surface area contributed by atoms with Gasteiger partial charge in [0.15, 0.2) is 0 Å². The van der Waals surface area contributed by atoms with Gasteiger partial charge in [-0.1, -0.05) is 0 Å². The maximum absolute atomic E-state index is 12.0. The van der Waals surface area contributed by atoms with Crippen LogP contribution in [0.15, 0.2) is 12.4 Å². The zero-order chi connectivity index (χ0) is 11.4. The number of carbonyl (C=O) groups is 1. The number of nitrogens with one attached hydrogen (secondary N) is 2. The minimum Gasteiger partial charge on any atom is -0.378 e. The van der Waals surface area contributed by atoms with Gasteiger partial charge in [-0.05, 0) is 0 Å². The number of aromatic nitrogens is 2. The third-order valence-corrected chi connectivity index (χ3v) is 2.54. The Hall–Kier alpha value is -1.40. The van der Waals surface area contributed by atoms with Crippen LogP contribution in [0.25, 0.3) is 0 Å². The van der Waals surface area contributed by atoms with E-state index >= 15 is 0 Å². The summed E-state index contributed by atoms with van der Waals surface area (Å²) in [6.45, 7) is 2.34. The molecule has 1 aliphatic rings. The highest BCUT2D eigenvalue weighted by Gasteiger charge is 2.24. The number of nitrogens with zero attached hydrogens (tertiary/aromatic N) is 2. The van der Waals surface area contributed by atoms with Gasteiger partial charge in [0.05, 0.1) is 19.8 Å². The highest BCUT2D eigenvalue weighted by atomic mass is 16.5. The van der Waals surface area contributed by atoms with E-state index in [0.717, 1.165) is 12.4 Å². The summed E-state index contributed by atoms with van der Waals surface area (Å²) < 4.78 is 5.26. The first-order chi connectivity index (χ1) is 7.77. The van der Waals surface area contributed by atoms with Crippen LogP contribution in [0.5, 0.6) is 0 Å². The Morgan fingerprint density at radius 1 is 1.75 bits per heavy atom. The van der Waals surface area contributed by atoms with Crippen molar-refractivity contribution in [2.75, 3.05) is 26.8 Å². The van der Waals surface area contributed by atoms with E-state index < -0.39 is 0 Å². The van der Waals surface area contributed by atoms with Crippen LogP contribution in [0.2, 0.25) is 0 Å². The number of ether oxygens (including phenoxy) is 1. The van der Waals surface area contributed by atoms with Crippen molar-refractivity contribution in [2.24, 2.45) is 0 Å². The summed E-state index contributed by atoms with van der Waals surface area (Å²) in [5.41, 5.74) is 0. The Labute approximate surface area is 94.0 Å². The van der Waals surface area contributed by atoms with Gasteiger partial charge in [0.1, 0.15) is 11.9 Å². The maximum atomic E-state index is 12.0. The lowest BCUT2D eigenvalue weighted by Gasteiger charge is -2.27. The summed E-state index contributed by atoms with van der Waals surface area (Å²) in [6, 6.07) is -0.228. The number of H-pyrrole nitrogens is 1. The molecule has 6 nitrogen and oxygen atoms in total. The maximum Gasteiger partial charge on any atom is 0.242 e. The number of hydrogen-bond donors (Lipinski definition) is 2. The molecular formula is C10H16N4O2. The van der Waals surface area contributed by atoms with Gasteiger partial charge in [-0.15, -0.1) is 0 Å². The van der Waals surface area contributed by atoms with Gasteiger partial charge in [-0.2, -0.15) is 0 Å². The highest BCUT2D eigenvalue weighted by Crippen LogP contribution is 2.01. The van der Waals surface area contributed by atoms with Crippen molar-refractivity contribution in [1.29, 1.82) is 0 Å². The molecule has 0 saturated carbocycles. The first-order valence-corrected chi connectivity index (χ1v) is 5.32. The van der Waals surface area contributed by atoms with Gasteiger partial charge >= 0.3 is 0 Å². The Bertz CT molecular complexity index is 333. The summed E-state index contributed by atoms with van der Waals surface area (Å²) >= 11 is 0. The minimum atomic E-state index is -0.228. The second-order valence-corrected chi connectivity index (χ2v) is 3.81. The summed E-state index contributed by atoms with van der Waals surface area (Å²) in [7, 11) is 1.77. The van der Waals surface area contributed by atoms with Gasteiger partial charge in [0.2, 0.25) is 5.91 Å². The van der Waals surface area contributed by atoms with Crippen LogP contribution in [-0.4, -0.2) is 53.6 Å². The Morgan fingerprint density at radius 2 is 2.62 bits per heavy atom. The van der Waals surface area contributed by atoms with Gasteiger partial charge in [-0.25, -0.2) is 4.98 Å². The number of carbonyl (C=O) groups excluding carboxylic acids is 1. The number of likely N-dealkylation sites (N-methyl/N-ethyl adjacent to an activating group) is 1. The molecule has 2 heterocycles. The van der Waals surface area contributed by atoms with Crippen LogP contribution in [-0.2, 0) is 16.1 Å². The van der Waals surface area contributed by atoms with Gasteiger partial charge in [0, 0.05) is 26.0 Å². The molecule has 0 radical (unpaired) electrons. The Kier molecular flexibility index (Phi) is 3.53. The number of hydrogen-bond acceptors (Lipinski definition) is 4. The Balaban J connectivity index is 1.88. The van der Waals surface area contributed by atoms with E-state index in [9.17, 15) is 4.79 Å². The number of amides is 1. The lowest BCUT2D eigenvalue weighted by Crippen LogP contribution is -2.51. The van der Waals surface area contributed by atoms with Crippen molar-refractivity contribution in [3.05, 3.63) is 18.2 Å². The van der Waals surface area contributed by atoms with Crippen molar-refractivity contribution in [3.63, 3.8) is 0 Å². The standard InChI is InChI=1S/C10H16N4O2/c1-14(6-9-12-2-3-13-9)10(15)8-7-16-5-4-11-8/h2-3,8,11H,4-7H2,1H3,(H,12,13). The van der Waals surface area contributed by atoms with Crippen LogP contribution < -0.4 is 5.32 Å². The van der Waals surface area contributed by atoms with Crippen LogP contribution in [0, 0.1) is 0 Å². The normalized spacial score (nSPS) is 20.7. The molecule has 1 saturated heterocycles. The predicted octanol–water partition coefficient (Wildman–Crippen LogP) is -0.643. The first-order valence-electron chi connectivity index (χ1n) is 5.32. The first kappa shape index (κ1) is 11.1. The van der Waals surface area contributed by atoms with Gasteiger partial charge in [-0.3, -0.25) is 4.79 Å². The number of imidazole rings is 1. The third-order valence-electron chi connectivity index (χ3n) is 2.54. The van der Waals surface area contributed by atoms with Gasteiger partial charge < -0.3 is 19.9 Å². The molecule has 1 aliphatic heterocycles. The van der Waals surface area contributed by atoms with Crippen molar-refractivity contribution in [1.82, 2.24) is 20.2 Å². The second kappa shape index (κ2) is 5.09. The van der Waals surface area contributed by atoms with Crippen molar-refractivity contribution in [3.8, 4) is 0 Å². The van der Waals surface area contributed by atoms with E-state index in [2.05, 4.69) is 15.3 Å². The third kappa shape index (κ3) is 2.59. The molecule has 0 bridgehead atoms. The van der Waals surface area contributed by atoms with Crippen molar-refractivity contribution >= 4 is 5.91 Å². The number of rotatable bonds is 3. The second-order valence-electron chi connectivity index (χ2n) is 3.81. The molecule has 88 valence electrons. The monoisotopic (exact) mass is 224 g/mol. The SMILES string of the molecule is CN(Cc1ncc[nH]1)C(=O)C1COCCN1. The summed E-state index contributed by atoms with van der Waals surface area (Å²) in [5, 5.41) is 3.13. The molecule has 2 rings (SSSR count). The fourth-order valence-corrected chi connectivity index (χ4v) is 1.68. The van der Waals surface area contributed by atoms with E-state index in [0.29, 0.717) is 19.8 Å². The topological polar surface area (TPSA) is 70.2 Å². The fraction of sp³-hybridized carbons (Fsp3) is 0.600. The molecule has 1 atom stereocenters. The molecule has 0 aliphatic carbocycles. The zero-order valence-electron chi connectivity index (χ0n) is 9.27. The van der Waals surface area contributed by atoms with E-state index in [1.807, 2.05) is 0 Å². The molecule has 6 heteroatoms. The smallest absolute Gasteiger partial charge is 0.242 e. The molecule has 1 aromatic heterocycles. The molecular weight excluding hydrogens is 208 g/mol.